The lowest BCUT2D eigenvalue weighted by Gasteiger charge is -2.32. The topological polar surface area (TPSA) is 95.3 Å². The maximum absolute atomic E-state index is 13.1. The van der Waals surface area contributed by atoms with E-state index in [9.17, 15) is 9.59 Å². The van der Waals surface area contributed by atoms with Gasteiger partial charge in [0.1, 0.15) is 5.76 Å². The Bertz CT molecular complexity index is 1060. The van der Waals surface area contributed by atoms with Gasteiger partial charge in [0.25, 0.3) is 11.8 Å². The minimum Gasteiger partial charge on any atom is -0.361 e. The summed E-state index contributed by atoms with van der Waals surface area (Å²) in [5.41, 5.74) is 2.77. The van der Waals surface area contributed by atoms with E-state index >= 15 is 0 Å². The molecule has 1 unspecified atom stereocenters. The molecule has 4 rings (SSSR count). The Morgan fingerprint density at radius 2 is 2.09 bits per heavy atom. The zero-order chi connectivity index (χ0) is 22.5. The molecule has 2 aromatic heterocycles. The maximum Gasteiger partial charge on any atom is 0.276 e. The van der Waals surface area contributed by atoms with E-state index in [1.807, 2.05) is 30.3 Å². The Kier molecular flexibility index (Phi) is 6.68. The van der Waals surface area contributed by atoms with Gasteiger partial charge in [-0.2, -0.15) is 5.10 Å². The van der Waals surface area contributed by atoms with E-state index in [1.165, 1.54) is 0 Å². The smallest absolute Gasteiger partial charge is 0.276 e. The number of H-pyrrole nitrogens is 1. The third-order valence-corrected chi connectivity index (χ3v) is 5.90. The van der Waals surface area contributed by atoms with Crippen LogP contribution in [-0.2, 0) is 13.0 Å². The van der Waals surface area contributed by atoms with Crippen LogP contribution in [0.2, 0.25) is 0 Å². The predicted molar refractivity (Wildman–Crippen MR) is 119 cm³/mol. The molecule has 1 aliphatic heterocycles. The van der Waals surface area contributed by atoms with Gasteiger partial charge in [0.05, 0.1) is 17.5 Å². The molecule has 1 saturated heterocycles. The molecular formula is C24H29N5O3. The standard InChI is InChI=1S/C24H29N5O3/c1-3-8-19-13-21(27-32-19)24(31)29-12-7-11-18(16-29)22-20(14-25-26-22)23(30)28(2)15-17-9-5-4-6-10-17/h4-6,9-10,13-14,18H,3,7-8,11-12,15-16H2,1-2H3,(H,25,26). The average Bonchev–Trinajstić information content (AvgIpc) is 3.49. The number of aryl methyl sites for hydroxylation is 1. The van der Waals surface area contributed by atoms with Crippen molar-refractivity contribution in [2.75, 3.05) is 20.1 Å². The van der Waals surface area contributed by atoms with Gasteiger partial charge in [-0.15, -0.1) is 0 Å². The molecule has 3 heterocycles. The third-order valence-electron chi connectivity index (χ3n) is 5.90. The zero-order valence-corrected chi connectivity index (χ0v) is 18.6. The van der Waals surface area contributed by atoms with E-state index < -0.39 is 0 Å². The van der Waals surface area contributed by atoms with Crippen LogP contribution >= 0.6 is 0 Å². The van der Waals surface area contributed by atoms with Crippen molar-refractivity contribution in [1.29, 1.82) is 0 Å². The SMILES string of the molecule is CCCc1cc(C(=O)N2CCCC(c3[nH]ncc3C(=O)N(C)Cc3ccccc3)C2)no1. The predicted octanol–water partition coefficient (Wildman–Crippen LogP) is 3.64. The molecule has 1 aromatic carbocycles. The minimum atomic E-state index is -0.130. The van der Waals surface area contributed by atoms with Gasteiger partial charge in [0.15, 0.2) is 5.69 Å². The fourth-order valence-electron chi connectivity index (χ4n) is 4.25. The number of aromatic amines is 1. The molecule has 0 saturated carbocycles. The first-order valence-corrected chi connectivity index (χ1v) is 11.1. The summed E-state index contributed by atoms with van der Waals surface area (Å²) in [5.74, 6) is 0.532. The largest absolute Gasteiger partial charge is 0.361 e. The minimum absolute atomic E-state index is 0.0151. The normalized spacial score (nSPS) is 16.2. The number of hydrogen-bond donors (Lipinski definition) is 1. The summed E-state index contributed by atoms with van der Waals surface area (Å²) < 4.78 is 5.28. The van der Waals surface area contributed by atoms with Crippen LogP contribution in [0.5, 0.6) is 0 Å². The van der Waals surface area contributed by atoms with Crippen LogP contribution in [0.4, 0.5) is 0 Å². The summed E-state index contributed by atoms with van der Waals surface area (Å²) in [6.45, 7) is 3.75. The Morgan fingerprint density at radius 3 is 2.88 bits per heavy atom. The molecule has 0 spiro atoms. The molecule has 8 heteroatoms. The number of amides is 2. The van der Waals surface area contributed by atoms with Crippen molar-refractivity contribution >= 4 is 11.8 Å². The first kappa shape index (κ1) is 21.8. The highest BCUT2D eigenvalue weighted by atomic mass is 16.5. The fraction of sp³-hybridized carbons (Fsp3) is 0.417. The molecule has 0 radical (unpaired) electrons. The molecule has 3 aromatic rings. The van der Waals surface area contributed by atoms with Gasteiger partial charge in [-0.3, -0.25) is 14.7 Å². The number of nitrogens with one attached hydrogen (secondary N) is 1. The number of nitrogens with zero attached hydrogens (tertiary/aromatic N) is 4. The van der Waals surface area contributed by atoms with Crippen molar-refractivity contribution in [1.82, 2.24) is 25.2 Å². The van der Waals surface area contributed by atoms with E-state index in [2.05, 4.69) is 22.3 Å². The van der Waals surface area contributed by atoms with Crippen LogP contribution in [-0.4, -0.2) is 57.1 Å². The number of carbonyl (C=O) groups excluding carboxylic acids is 2. The number of likely N-dealkylation sites (tertiary alicyclic amines) is 1. The molecule has 8 nitrogen and oxygen atoms in total. The molecule has 1 N–H and O–H groups in total. The van der Waals surface area contributed by atoms with Crippen molar-refractivity contribution in [3.8, 4) is 0 Å². The van der Waals surface area contributed by atoms with Gasteiger partial charge in [-0.05, 0) is 24.8 Å². The lowest BCUT2D eigenvalue weighted by molar-refractivity contribution is 0.0694. The second-order valence-corrected chi connectivity index (χ2v) is 8.36. The zero-order valence-electron chi connectivity index (χ0n) is 18.6. The Hall–Kier alpha value is -3.42. The average molecular weight is 436 g/mol. The van der Waals surface area contributed by atoms with Gasteiger partial charge in [0.2, 0.25) is 0 Å². The van der Waals surface area contributed by atoms with Crippen LogP contribution in [0, 0.1) is 0 Å². The van der Waals surface area contributed by atoms with Gasteiger partial charge in [-0.1, -0.05) is 42.4 Å². The Labute approximate surface area is 187 Å². The fourth-order valence-corrected chi connectivity index (χ4v) is 4.25. The molecule has 168 valence electrons. The van der Waals surface area contributed by atoms with E-state index in [-0.39, 0.29) is 17.7 Å². The van der Waals surface area contributed by atoms with Crippen LogP contribution in [0.3, 0.4) is 0 Å². The third kappa shape index (κ3) is 4.74. The number of rotatable bonds is 7. The Balaban J connectivity index is 1.45. The first-order chi connectivity index (χ1) is 15.6. The first-order valence-electron chi connectivity index (χ1n) is 11.1. The van der Waals surface area contributed by atoms with Crippen LogP contribution in [0.1, 0.15) is 70.0 Å². The number of carbonyl (C=O) groups is 2. The molecule has 1 atom stereocenters. The van der Waals surface area contributed by atoms with E-state index in [4.69, 9.17) is 4.52 Å². The van der Waals surface area contributed by atoms with Crippen molar-refractivity contribution in [2.24, 2.45) is 0 Å². The van der Waals surface area contributed by atoms with E-state index in [0.717, 1.165) is 42.7 Å². The summed E-state index contributed by atoms with van der Waals surface area (Å²) in [4.78, 5) is 29.6. The Morgan fingerprint density at radius 1 is 1.28 bits per heavy atom. The molecule has 1 fully saturated rings. The number of aromatic nitrogens is 3. The van der Waals surface area contributed by atoms with Crippen molar-refractivity contribution < 1.29 is 14.1 Å². The molecular weight excluding hydrogens is 406 g/mol. The van der Waals surface area contributed by atoms with Crippen LogP contribution < -0.4 is 0 Å². The number of piperidine rings is 1. The summed E-state index contributed by atoms with van der Waals surface area (Å²) in [6.07, 6.45) is 5.02. The molecule has 0 bridgehead atoms. The van der Waals surface area contributed by atoms with Crippen LogP contribution in [0.25, 0.3) is 0 Å². The highest BCUT2D eigenvalue weighted by Gasteiger charge is 2.31. The number of benzene rings is 1. The monoisotopic (exact) mass is 435 g/mol. The van der Waals surface area contributed by atoms with E-state index in [1.54, 1.807) is 29.1 Å². The number of hydrogen-bond acceptors (Lipinski definition) is 5. The van der Waals surface area contributed by atoms with Crippen molar-refractivity contribution in [2.45, 2.75) is 45.1 Å². The highest BCUT2D eigenvalue weighted by molar-refractivity contribution is 5.95. The summed E-state index contributed by atoms with van der Waals surface area (Å²) >= 11 is 0. The summed E-state index contributed by atoms with van der Waals surface area (Å²) in [7, 11) is 1.79. The van der Waals surface area contributed by atoms with Gasteiger partial charge in [0, 0.05) is 45.1 Å². The summed E-state index contributed by atoms with van der Waals surface area (Å²) in [6, 6.07) is 11.6. The maximum atomic E-state index is 13.1. The lowest BCUT2D eigenvalue weighted by Crippen LogP contribution is -2.40. The molecule has 2 amide bonds. The van der Waals surface area contributed by atoms with Crippen LogP contribution in [0.15, 0.2) is 47.1 Å². The van der Waals surface area contributed by atoms with E-state index in [0.29, 0.717) is 30.9 Å². The van der Waals surface area contributed by atoms with Gasteiger partial charge in [-0.25, -0.2) is 0 Å². The van der Waals surface area contributed by atoms with Gasteiger partial charge >= 0.3 is 0 Å². The lowest BCUT2D eigenvalue weighted by atomic mass is 9.92. The quantitative estimate of drug-likeness (QED) is 0.611. The second-order valence-electron chi connectivity index (χ2n) is 8.36. The van der Waals surface area contributed by atoms with Crippen molar-refractivity contribution in [3.63, 3.8) is 0 Å². The molecule has 1 aliphatic rings. The van der Waals surface area contributed by atoms with Gasteiger partial charge < -0.3 is 14.3 Å². The second kappa shape index (κ2) is 9.80. The van der Waals surface area contributed by atoms with Crippen molar-refractivity contribution in [3.05, 3.63) is 70.9 Å². The summed E-state index contributed by atoms with van der Waals surface area (Å²) in [5, 5.41) is 11.1. The molecule has 32 heavy (non-hydrogen) atoms. The highest BCUT2D eigenvalue weighted by Crippen LogP contribution is 2.29. The molecule has 0 aliphatic carbocycles.